The van der Waals surface area contributed by atoms with Crippen molar-refractivity contribution in [2.75, 3.05) is 20.2 Å². The molecule has 24 heavy (non-hydrogen) atoms. The summed E-state index contributed by atoms with van der Waals surface area (Å²) in [6, 6.07) is 9.88. The lowest BCUT2D eigenvalue weighted by Crippen LogP contribution is -2.46. The van der Waals surface area contributed by atoms with Crippen molar-refractivity contribution in [1.82, 2.24) is 9.80 Å². The number of ether oxygens (including phenoxy) is 1. The van der Waals surface area contributed by atoms with E-state index in [1.807, 2.05) is 49.1 Å². The second-order valence-electron chi connectivity index (χ2n) is 6.83. The van der Waals surface area contributed by atoms with Gasteiger partial charge in [-0.05, 0) is 31.9 Å². The minimum Gasteiger partial charge on any atom is -0.373 e. The third-order valence-corrected chi connectivity index (χ3v) is 4.27. The van der Waals surface area contributed by atoms with Gasteiger partial charge in [-0.1, -0.05) is 36.9 Å². The molecule has 1 aromatic carbocycles. The van der Waals surface area contributed by atoms with Gasteiger partial charge < -0.3 is 14.5 Å². The molecule has 0 N–H and O–H groups in total. The monoisotopic (exact) mass is 330 g/mol. The molecule has 0 bridgehead atoms. The molecule has 0 aromatic heterocycles. The summed E-state index contributed by atoms with van der Waals surface area (Å²) < 4.78 is 5.80. The Morgan fingerprint density at radius 1 is 1.33 bits per heavy atom. The van der Waals surface area contributed by atoms with Crippen LogP contribution in [0.2, 0.25) is 0 Å². The Morgan fingerprint density at radius 3 is 2.54 bits per heavy atom. The molecule has 1 aliphatic heterocycles. The predicted molar refractivity (Wildman–Crippen MR) is 93.3 cm³/mol. The van der Waals surface area contributed by atoms with Crippen molar-refractivity contribution in [3.05, 3.63) is 48.6 Å². The highest BCUT2D eigenvalue weighted by atomic mass is 16.5. The van der Waals surface area contributed by atoms with Gasteiger partial charge in [-0.25, -0.2) is 0 Å². The van der Waals surface area contributed by atoms with Crippen molar-refractivity contribution in [3.63, 3.8) is 0 Å². The minimum atomic E-state index is -0.258. The van der Waals surface area contributed by atoms with E-state index in [0.717, 1.165) is 12.0 Å². The topological polar surface area (TPSA) is 49.9 Å². The number of hydrogen-bond acceptors (Lipinski definition) is 3. The molecule has 1 aliphatic rings. The lowest BCUT2D eigenvalue weighted by Gasteiger charge is -2.30. The van der Waals surface area contributed by atoms with Crippen LogP contribution in [0.25, 0.3) is 0 Å². The number of carbonyl (C=O) groups excluding carboxylic acids is 2. The van der Waals surface area contributed by atoms with E-state index in [0.29, 0.717) is 13.2 Å². The third kappa shape index (κ3) is 4.68. The van der Waals surface area contributed by atoms with Crippen molar-refractivity contribution in [1.29, 1.82) is 0 Å². The van der Waals surface area contributed by atoms with Gasteiger partial charge in [0.15, 0.2) is 0 Å². The SMILES string of the molecule is C=CC(=O)N(C)CC(=O)N(Cc1ccccc1)C1COC(C)(C)C1. The largest absolute Gasteiger partial charge is 0.373 e. The fourth-order valence-corrected chi connectivity index (χ4v) is 2.94. The van der Waals surface area contributed by atoms with Gasteiger partial charge in [-0.2, -0.15) is 0 Å². The fraction of sp³-hybridized carbons (Fsp3) is 0.474. The Labute approximate surface area is 143 Å². The van der Waals surface area contributed by atoms with E-state index in [4.69, 9.17) is 4.74 Å². The van der Waals surface area contributed by atoms with Crippen molar-refractivity contribution in [2.24, 2.45) is 0 Å². The van der Waals surface area contributed by atoms with Crippen LogP contribution in [0.15, 0.2) is 43.0 Å². The zero-order valence-electron chi connectivity index (χ0n) is 14.7. The Kier molecular flexibility index (Phi) is 5.78. The van der Waals surface area contributed by atoms with E-state index >= 15 is 0 Å². The fourth-order valence-electron chi connectivity index (χ4n) is 2.94. The van der Waals surface area contributed by atoms with Gasteiger partial charge in [0.1, 0.15) is 0 Å². The number of amides is 2. The molecule has 1 fully saturated rings. The molecule has 5 heteroatoms. The highest BCUT2D eigenvalue weighted by Crippen LogP contribution is 2.29. The zero-order chi connectivity index (χ0) is 17.7. The quantitative estimate of drug-likeness (QED) is 0.752. The maximum absolute atomic E-state index is 12.8. The van der Waals surface area contributed by atoms with Crippen LogP contribution >= 0.6 is 0 Å². The van der Waals surface area contributed by atoms with E-state index < -0.39 is 0 Å². The van der Waals surface area contributed by atoms with E-state index in [2.05, 4.69) is 6.58 Å². The van der Waals surface area contributed by atoms with E-state index in [1.54, 1.807) is 7.05 Å². The first-order valence-corrected chi connectivity index (χ1v) is 8.17. The number of benzene rings is 1. The predicted octanol–water partition coefficient (Wildman–Crippen LogP) is 2.23. The molecule has 1 unspecified atom stereocenters. The second-order valence-corrected chi connectivity index (χ2v) is 6.83. The van der Waals surface area contributed by atoms with Crippen LogP contribution < -0.4 is 0 Å². The summed E-state index contributed by atoms with van der Waals surface area (Å²) in [5.74, 6) is -0.339. The van der Waals surface area contributed by atoms with Crippen molar-refractivity contribution in [2.45, 2.75) is 38.5 Å². The summed E-state index contributed by atoms with van der Waals surface area (Å²) in [6.45, 7) is 8.60. The Morgan fingerprint density at radius 2 is 2.00 bits per heavy atom. The molecule has 0 radical (unpaired) electrons. The summed E-state index contributed by atoms with van der Waals surface area (Å²) in [5.41, 5.74) is 0.830. The minimum absolute atomic E-state index is 0.0138. The molecule has 0 aliphatic carbocycles. The van der Waals surface area contributed by atoms with Crippen molar-refractivity contribution < 1.29 is 14.3 Å². The Hall–Kier alpha value is -2.14. The van der Waals surface area contributed by atoms with E-state index in [1.165, 1.54) is 11.0 Å². The average Bonchev–Trinajstić information content (AvgIpc) is 2.92. The Balaban J connectivity index is 2.14. The van der Waals surface area contributed by atoms with Gasteiger partial charge in [0.25, 0.3) is 0 Å². The van der Waals surface area contributed by atoms with Gasteiger partial charge >= 0.3 is 0 Å². The maximum atomic E-state index is 12.8. The normalized spacial score (nSPS) is 18.9. The molecule has 2 amide bonds. The highest BCUT2D eigenvalue weighted by molar-refractivity contribution is 5.90. The van der Waals surface area contributed by atoms with Gasteiger partial charge in [-0.3, -0.25) is 9.59 Å². The first-order chi connectivity index (χ1) is 11.3. The lowest BCUT2D eigenvalue weighted by molar-refractivity contribution is -0.139. The molecule has 1 aromatic rings. The summed E-state index contributed by atoms with van der Waals surface area (Å²) >= 11 is 0. The zero-order valence-corrected chi connectivity index (χ0v) is 14.7. The van der Waals surface area contributed by atoms with Crippen LogP contribution in [0.1, 0.15) is 25.8 Å². The van der Waals surface area contributed by atoms with Crippen LogP contribution in [0.5, 0.6) is 0 Å². The molecule has 0 saturated carbocycles. The van der Waals surface area contributed by atoms with Gasteiger partial charge in [0, 0.05) is 13.6 Å². The van der Waals surface area contributed by atoms with Crippen LogP contribution in [0, 0.1) is 0 Å². The van der Waals surface area contributed by atoms with E-state index in [-0.39, 0.29) is 30.0 Å². The molecular formula is C19H26N2O3. The molecule has 0 spiro atoms. The smallest absolute Gasteiger partial charge is 0.246 e. The number of rotatable bonds is 6. The summed E-state index contributed by atoms with van der Waals surface area (Å²) in [5, 5.41) is 0. The van der Waals surface area contributed by atoms with Crippen LogP contribution in [0.3, 0.4) is 0 Å². The average molecular weight is 330 g/mol. The molecule has 130 valence electrons. The van der Waals surface area contributed by atoms with Crippen LogP contribution in [-0.4, -0.2) is 53.5 Å². The Bertz CT molecular complexity index is 598. The summed E-state index contributed by atoms with van der Waals surface area (Å²) in [7, 11) is 1.61. The number of nitrogens with zero attached hydrogens (tertiary/aromatic N) is 2. The van der Waals surface area contributed by atoms with Gasteiger partial charge in [-0.15, -0.1) is 0 Å². The van der Waals surface area contributed by atoms with Crippen molar-refractivity contribution >= 4 is 11.8 Å². The number of hydrogen-bond donors (Lipinski definition) is 0. The van der Waals surface area contributed by atoms with Crippen molar-refractivity contribution in [3.8, 4) is 0 Å². The molecule has 1 saturated heterocycles. The molecule has 5 nitrogen and oxygen atoms in total. The second kappa shape index (κ2) is 7.62. The highest BCUT2D eigenvalue weighted by Gasteiger charge is 2.37. The molecular weight excluding hydrogens is 304 g/mol. The van der Waals surface area contributed by atoms with E-state index in [9.17, 15) is 9.59 Å². The van der Waals surface area contributed by atoms with Gasteiger partial charge in [0.2, 0.25) is 11.8 Å². The number of likely N-dealkylation sites (N-methyl/N-ethyl adjacent to an activating group) is 1. The van der Waals surface area contributed by atoms with Gasteiger partial charge in [0.05, 0.1) is 24.8 Å². The standard InChI is InChI=1S/C19H26N2O3/c1-5-17(22)20(4)13-18(23)21(12-15-9-7-6-8-10-15)16-11-19(2,3)24-14-16/h5-10,16H,1,11-14H2,2-4H3. The maximum Gasteiger partial charge on any atom is 0.246 e. The lowest BCUT2D eigenvalue weighted by atomic mass is 10.0. The van der Waals surface area contributed by atoms with Crippen LogP contribution in [0.4, 0.5) is 0 Å². The third-order valence-electron chi connectivity index (χ3n) is 4.27. The first-order valence-electron chi connectivity index (χ1n) is 8.17. The molecule has 2 rings (SSSR count). The number of carbonyl (C=O) groups is 2. The molecule has 1 atom stereocenters. The molecule has 1 heterocycles. The first kappa shape index (κ1) is 18.2. The summed E-state index contributed by atoms with van der Waals surface area (Å²) in [6.07, 6.45) is 2.00. The summed E-state index contributed by atoms with van der Waals surface area (Å²) in [4.78, 5) is 27.7. The van der Waals surface area contributed by atoms with Crippen LogP contribution in [-0.2, 0) is 20.9 Å².